The number of thioether (sulfide) groups is 1. The van der Waals surface area contributed by atoms with Gasteiger partial charge in [0.05, 0.1) is 18.0 Å². The maximum absolute atomic E-state index is 10.7. The van der Waals surface area contributed by atoms with Crippen molar-refractivity contribution in [2.75, 3.05) is 12.9 Å². The monoisotopic (exact) mass is 204 g/mol. The van der Waals surface area contributed by atoms with Gasteiger partial charge in [0, 0.05) is 6.92 Å². The van der Waals surface area contributed by atoms with Gasteiger partial charge < -0.3 is 9.94 Å². The first-order valence-electron chi connectivity index (χ1n) is 3.41. The molecule has 0 spiro atoms. The summed E-state index contributed by atoms with van der Waals surface area (Å²) < 4.78 is 8.71. The number of nitrogens with zero attached hydrogens (tertiary/aromatic N) is 2. The molecule has 0 aromatic carbocycles. The number of ether oxygens (including phenoxy) is 1. The minimum absolute atomic E-state index is 0.115. The van der Waals surface area contributed by atoms with Crippen LogP contribution < -0.4 is 4.90 Å². The van der Waals surface area contributed by atoms with Gasteiger partial charge in [0.15, 0.2) is 0 Å². The molecule has 1 rings (SSSR count). The number of carbonyl (C=O) groups is 1. The van der Waals surface area contributed by atoms with Gasteiger partial charge in [-0.05, 0) is 4.90 Å². The molecule has 72 valence electrons. The van der Waals surface area contributed by atoms with E-state index in [2.05, 4.69) is 14.5 Å². The van der Waals surface area contributed by atoms with Crippen molar-refractivity contribution in [1.29, 1.82) is 0 Å². The van der Waals surface area contributed by atoms with Gasteiger partial charge >= 0.3 is 5.97 Å². The van der Waals surface area contributed by atoms with E-state index in [-0.39, 0.29) is 11.7 Å². The molecule has 13 heavy (non-hydrogen) atoms. The van der Waals surface area contributed by atoms with Gasteiger partial charge in [0.1, 0.15) is 0 Å². The number of hydrogen-bond donors (Lipinski definition) is 0. The van der Waals surface area contributed by atoms with Crippen LogP contribution in [0.1, 0.15) is 5.69 Å². The Hall–Kier alpha value is -1.24. The van der Waals surface area contributed by atoms with Crippen LogP contribution in [0.25, 0.3) is 0 Å². The van der Waals surface area contributed by atoms with Crippen molar-refractivity contribution in [2.24, 2.45) is 0 Å². The molecule has 0 saturated carbocycles. The Morgan fingerprint density at radius 1 is 1.85 bits per heavy atom. The fraction of sp³-hybridized carbons (Fsp3) is 0.500. The lowest BCUT2D eigenvalue weighted by atomic mass is 10.6. The van der Waals surface area contributed by atoms with Crippen molar-refractivity contribution in [1.82, 2.24) is 5.16 Å². The van der Waals surface area contributed by atoms with Gasteiger partial charge in [-0.25, -0.2) is 0 Å². The van der Waals surface area contributed by atoms with E-state index in [4.69, 9.17) is 0 Å². The van der Waals surface area contributed by atoms with Gasteiger partial charge in [-0.15, -0.1) is 0 Å². The van der Waals surface area contributed by atoms with Crippen LogP contribution in [0.3, 0.4) is 0 Å². The molecule has 0 bridgehead atoms. The predicted molar refractivity (Wildman–Crippen MR) is 42.9 cm³/mol. The minimum atomic E-state index is -0.371. The number of methoxy groups -OCH3 is 1. The summed E-state index contributed by atoms with van der Waals surface area (Å²) in [6.45, 7) is 1.56. The minimum Gasteiger partial charge on any atom is -0.468 e. The molecule has 0 aliphatic heterocycles. The van der Waals surface area contributed by atoms with E-state index < -0.39 is 0 Å². The van der Waals surface area contributed by atoms with Crippen LogP contribution in [0.2, 0.25) is 0 Å². The van der Waals surface area contributed by atoms with Gasteiger partial charge in [0.2, 0.25) is 5.69 Å². The van der Waals surface area contributed by atoms with E-state index in [0.717, 1.165) is 11.8 Å². The van der Waals surface area contributed by atoms with Gasteiger partial charge in [-0.2, -0.15) is 0 Å². The summed E-state index contributed by atoms with van der Waals surface area (Å²) in [6.07, 6.45) is 0. The van der Waals surface area contributed by atoms with Crippen molar-refractivity contribution in [3.8, 4) is 0 Å². The number of esters is 1. The van der Waals surface area contributed by atoms with Crippen molar-refractivity contribution < 1.29 is 19.1 Å². The second-order valence-corrected chi connectivity index (χ2v) is 3.15. The molecular weight excluding hydrogens is 196 g/mol. The predicted octanol–water partition coefficient (Wildman–Crippen LogP) is -0.118. The number of rotatable bonds is 3. The molecule has 7 heteroatoms. The summed E-state index contributed by atoms with van der Waals surface area (Å²) in [5, 5.41) is 14.6. The highest BCUT2D eigenvalue weighted by Gasteiger charge is 2.16. The largest absolute Gasteiger partial charge is 0.468 e. The Bertz CT molecular complexity index is 312. The average Bonchev–Trinajstić information content (AvgIpc) is 2.44. The van der Waals surface area contributed by atoms with E-state index >= 15 is 0 Å². The maximum atomic E-state index is 10.7. The fourth-order valence-corrected chi connectivity index (χ4v) is 1.34. The summed E-state index contributed by atoms with van der Waals surface area (Å²) in [4.78, 5) is 11.0. The van der Waals surface area contributed by atoms with Crippen molar-refractivity contribution in [2.45, 2.75) is 11.9 Å². The first-order chi connectivity index (χ1) is 6.15. The van der Waals surface area contributed by atoms with Crippen LogP contribution in [0.15, 0.2) is 9.65 Å². The highest BCUT2D eigenvalue weighted by atomic mass is 32.2. The SMILES string of the molecule is COC(=O)CSc1no[n+]([O-])c1C. The van der Waals surface area contributed by atoms with E-state index in [9.17, 15) is 10.0 Å². The second-order valence-electron chi connectivity index (χ2n) is 2.19. The Balaban J connectivity index is 2.55. The molecule has 1 aromatic rings. The second kappa shape index (κ2) is 4.13. The molecule has 0 aliphatic carbocycles. The summed E-state index contributed by atoms with van der Waals surface area (Å²) in [5.41, 5.74) is 0.342. The van der Waals surface area contributed by atoms with E-state index in [1.165, 1.54) is 7.11 Å². The van der Waals surface area contributed by atoms with Crippen LogP contribution in [0.4, 0.5) is 0 Å². The summed E-state index contributed by atoms with van der Waals surface area (Å²) in [5.74, 6) is -0.256. The third kappa shape index (κ3) is 2.35. The molecular formula is C6H8N2O4S. The first-order valence-corrected chi connectivity index (χ1v) is 4.39. The summed E-state index contributed by atoms with van der Waals surface area (Å²) in [6, 6.07) is 0. The van der Waals surface area contributed by atoms with Crippen LogP contribution in [0, 0.1) is 12.1 Å². The number of aromatic nitrogens is 2. The Labute approximate surface area is 78.4 Å². The zero-order chi connectivity index (χ0) is 9.84. The molecule has 0 atom stereocenters. The van der Waals surface area contributed by atoms with Crippen LogP contribution in [-0.4, -0.2) is 24.0 Å². The molecule has 0 saturated heterocycles. The molecule has 0 N–H and O–H groups in total. The van der Waals surface area contributed by atoms with E-state index in [1.807, 2.05) is 0 Å². The zero-order valence-electron chi connectivity index (χ0n) is 7.14. The van der Waals surface area contributed by atoms with Crippen LogP contribution in [-0.2, 0) is 9.53 Å². The Morgan fingerprint density at radius 2 is 2.54 bits per heavy atom. The molecule has 0 amide bonds. The topological polar surface area (TPSA) is 79.3 Å². The highest BCUT2D eigenvalue weighted by molar-refractivity contribution is 7.99. The molecule has 0 radical (unpaired) electrons. The molecule has 1 aromatic heterocycles. The molecule has 0 aliphatic rings. The lowest BCUT2D eigenvalue weighted by molar-refractivity contribution is -0.807. The van der Waals surface area contributed by atoms with Gasteiger partial charge in [-0.3, -0.25) is 9.42 Å². The Kier molecular flexibility index (Phi) is 3.13. The number of carbonyl (C=O) groups excluding carboxylic acids is 1. The zero-order valence-corrected chi connectivity index (χ0v) is 7.96. The smallest absolute Gasteiger partial charge is 0.316 e. The molecule has 6 nitrogen and oxygen atoms in total. The molecule has 0 unspecified atom stereocenters. The third-order valence-corrected chi connectivity index (χ3v) is 2.36. The average molecular weight is 204 g/mol. The van der Waals surface area contributed by atoms with Crippen molar-refractivity contribution in [3.63, 3.8) is 0 Å². The lowest BCUT2D eigenvalue weighted by Crippen LogP contribution is -2.25. The third-order valence-electron chi connectivity index (χ3n) is 1.34. The fourth-order valence-electron chi connectivity index (χ4n) is 0.597. The van der Waals surface area contributed by atoms with Crippen LogP contribution >= 0.6 is 11.8 Å². The molecule has 1 heterocycles. The van der Waals surface area contributed by atoms with E-state index in [1.54, 1.807) is 6.92 Å². The Morgan fingerprint density at radius 3 is 3.00 bits per heavy atom. The maximum Gasteiger partial charge on any atom is 0.316 e. The van der Waals surface area contributed by atoms with Gasteiger partial charge in [0.25, 0.3) is 5.03 Å². The summed E-state index contributed by atoms with van der Waals surface area (Å²) in [7, 11) is 1.30. The lowest BCUT2D eigenvalue weighted by Gasteiger charge is -1.93. The van der Waals surface area contributed by atoms with E-state index in [0.29, 0.717) is 15.6 Å². The van der Waals surface area contributed by atoms with Crippen molar-refractivity contribution >= 4 is 17.7 Å². The standard InChI is InChI=1S/C6H8N2O4S/c1-4-6(7-12-8(4)10)13-3-5(9)11-2/h3H2,1-2H3. The normalized spacial score (nSPS) is 10.0. The molecule has 0 fully saturated rings. The number of hydrogen-bond acceptors (Lipinski definition) is 6. The van der Waals surface area contributed by atoms with Gasteiger partial charge in [-0.1, -0.05) is 11.8 Å². The summed E-state index contributed by atoms with van der Waals surface area (Å²) >= 11 is 1.10. The van der Waals surface area contributed by atoms with Crippen LogP contribution in [0.5, 0.6) is 0 Å². The highest BCUT2D eigenvalue weighted by Crippen LogP contribution is 2.16. The van der Waals surface area contributed by atoms with Crippen molar-refractivity contribution in [3.05, 3.63) is 10.9 Å². The quantitative estimate of drug-likeness (QED) is 0.388. The first kappa shape index (κ1) is 9.85.